The first-order chi connectivity index (χ1) is 36.4. The number of fused-ring (bicyclic) bond motifs is 6. The molecule has 0 heterocycles. The van der Waals surface area contributed by atoms with Crippen molar-refractivity contribution in [2.45, 2.75) is 269 Å². The lowest BCUT2D eigenvalue weighted by atomic mass is 9.94. The highest BCUT2D eigenvalue weighted by atomic mass is 32.2. The van der Waals surface area contributed by atoms with Gasteiger partial charge in [-0.15, -0.1) is 70.6 Å². The molecular formula is C64H106O3S6Si. The number of unbranched alkanes of at least 4 members (excludes halogenated alkanes) is 25. The van der Waals surface area contributed by atoms with Crippen LogP contribution in [0, 0.1) is 0 Å². The summed E-state index contributed by atoms with van der Waals surface area (Å²) in [6.45, 7) is 11.7. The summed E-state index contributed by atoms with van der Waals surface area (Å²) >= 11 is 12.8. The van der Waals surface area contributed by atoms with Crippen LogP contribution < -0.4 is 0 Å². The summed E-state index contributed by atoms with van der Waals surface area (Å²) in [6.07, 6.45) is 41.2. The van der Waals surface area contributed by atoms with E-state index in [1.807, 2.05) is 0 Å². The van der Waals surface area contributed by atoms with Crippen molar-refractivity contribution in [1.29, 1.82) is 0 Å². The minimum absolute atomic E-state index is 0.926. The van der Waals surface area contributed by atoms with E-state index in [9.17, 15) is 0 Å². The van der Waals surface area contributed by atoms with Crippen LogP contribution in [0.15, 0.2) is 65.8 Å². The summed E-state index contributed by atoms with van der Waals surface area (Å²) in [5, 5.41) is 8.84. The van der Waals surface area contributed by atoms with Gasteiger partial charge in [0.25, 0.3) is 0 Å². The van der Waals surface area contributed by atoms with Crippen molar-refractivity contribution in [2.24, 2.45) is 0 Å². The van der Waals surface area contributed by atoms with E-state index in [0.29, 0.717) is 0 Å². The highest BCUT2D eigenvalue weighted by Gasteiger charge is 2.36. The van der Waals surface area contributed by atoms with E-state index >= 15 is 0 Å². The Morgan fingerprint density at radius 2 is 0.432 bits per heavy atom. The van der Waals surface area contributed by atoms with Crippen LogP contribution in [0.1, 0.15) is 234 Å². The van der Waals surface area contributed by atoms with Gasteiger partial charge in [-0.25, -0.2) is 0 Å². The van der Waals surface area contributed by atoms with Crippen LogP contribution in [0.5, 0.6) is 0 Å². The lowest BCUT2D eigenvalue weighted by Crippen LogP contribution is -2.42. The lowest BCUT2D eigenvalue weighted by Gasteiger charge is -2.24. The van der Waals surface area contributed by atoms with E-state index in [1.54, 1.807) is 21.3 Å². The van der Waals surface area contributed by atoms with Crippen molar-refractivity contribution >= 4 is 112 Å². The molecular weight excluding hydrogens is 1040 g/mol. The van der Waals surface area contributed by atoms with Crippen molar-refractivity contribution < 1.29 is 13.3 Å². The molecule has 420 valence electrons. The topological polar surface area (TPSA) is 27.7 Å². The van der Waals surface area contributed by atoms with Crippen LogP contribution in [-0.2, 0) is 13.3 Å². The van der Waals surface area contributed by atoms with E-state index in [1.165, 1.54) is 289 Å². The van der Waals surface area contributed by atoms with Gasteiger partial charge in [-0.1, -0.05) is 189 Å². The van der Waals surface area contributed by atoms with E-state index in [2.05, 4.69) is 142 Å². The first-order valence-corrected chi connectivity index (χ1v) is 38.2. The highest BCUT2D eigenvalue weighted by molar-refractivity contribution is 8.03. The molecule has 0 saturated carbocycles. The van der Waals surface area contributed by atoms with Crippen LogP contribution in [0.2, 0.25) is 6.04 Å². The Hall–Kier alpha value is -0.143. The molecule has 0 saturated heterocycles. The van der Waals surface area contributed by atoms with E-state index in [0.717, 1.165) is 12.5 Å². The molecule has 74 heavy (non-hydrogen) atoms. The third-order valence-corrected chi connectivity index (χ3v) is 24.8. The molecule has 0 atom stereocenters. The van der Waals surface area contributed by atoms with Crippen molar-refractivity contribution in [2.75, 3.05) is 55.8 Å². The molecule has 0 N–H and O–H groups in total. The normalized spacial score (nSPS) is 12.2. The standard InChI is InChI=1S/C64H106O3S6Si/c1-9-14-33-40-68-59-47-53-54-48-60(69-41-34-15-10-2)62(71-43-36-17-12-4)50-56(54)58-52-64(63(72-44-37-18-13-5)51-57(58)55(53)49-61(59)70-42-35-16-11-3)73-45-38-31-29-27-25-23-21-19-20-22-24-26-28-30-32-39-46-74(65-6,66-7)67-8/h47-52H,9-46H2,1-8H3. The largest absolute Gasteiger partial charge is 0.500 e. The zero-order valence-corrected chi connectivity index (χ0v) is 54.4. The summed E-state index contributed by atoms with van der Waals surface area (Å²) in [5.74, 6) is 7.24. The molecule has 4 aromatic carbocycles. The molecule has 4 rings (SSSR count). The van der Waals surface area contributed by atoms with Crippen LogP contribution >= 0.6 is 70.6 Å². The summed E-state index contributed by atoms with van der Waals surface area (Å²) < 4.78 is 16.7. The molecule has 4 aromatic rings. The Morgan fingerprint density at radius 3 is 0.622 bits per heavy atom. The predicted octanol–water partition coefficient (Wildman–Crippen LogP) is 23.8. The van der Waals surface area contributed by atoms with Crippen LogP contribution in [0.4, 0.5) is 0 Å². The molecule has 0 aliphatic rings. The SMILES string of the molecule is CCCCCSc1cc2c3cc(SCCCCC)c(SCCCCC)cc3c3cc(SCCCCCCCCCCCCCCCCCC[Si](OC)(OC)OC)c(SCCCCC)cc3c2cc1SCCCCC. The first kappa shape index (κ1) is 66.4. The third kappa shape index (κ3) is 24.3. The zero-order valence-electron chi connectivity index (χ0n) is 48.5. The van der Waals surface area contributed by atoms with Gasteiger partial charge in [-0.05, 0) is 148 Å². The molecule has 10 heteroatoms. The maximum atomic E-state index is 5.57. The Kier molecular flexibility index (Phi) is 37.5. The maximum absolute atomic E-state index is 5.57. The summed E-state index contributed by atoms with van der Waals surface area (Å²) in [6, 6.07) is 16.9. The fraction of sp³-hybridized carbons (Fsp3) is 0.719. The summed E-state index contributed by atoms with van der Waals surface area (Å²) in [5.41, 5.74) is 0. The summed E-state index contributed by atoms with van der Waals surface area (Å²) in [7, 11) is 2.76. The quantitative estimate of drug-likeness (QED) is 0.0186. The monoisotopic (exact) mass is 1140 g/mol. The van der Waals surface area contributed by atoms with Crippen molar-refractivity contribution in [3.05, 3.63) is 36.4 Å². The Bertz CT molecular complexity index is 2020. The summed E-state index contributed by atoms with van der Waals surface area (Å²) in [4.78, 5) is 9.08. The number of hydrogen-bond donors (Lipinski definition) is 0. The molecule has 0 spiro atoms. The molecule has 0 radical (unpaired) electrons. The lowest BCUT2D eigenvalue weighted by molar-refractivity contribution is 0.122. The van der Waals surface area contributed by atoms with Gasteiger partial charge >= 0.3 is 8.80 Å². The Morgan fingerprint density at radius 1 is 0.257 bits per heavy atom. The molecule has 0 bridgehead atoms. The van der Waals surface area contributed by atoms with Crippen molar-refractivity contribution in [3.63, 3.8) is 0 Å². The number of thioether (sulfide) groups is 6. The Labute approximate surface area is 482 Å². The number of hydrogen-bond acceptors (Lipinski definition) is 9. The van der Waals surface area contributed by atoms with Crippen molar-refractivity contribution in [3.8, 4) is 0 Å². The second kappa shape index (κ2) is 41.8. The second-order valence-corrected chi connectivity index (χ2v) is 30.8. The number of rotatable bonds is 48. The van der Waals surface area contributed by atoms with Gasteiger partial charge in [0, 0.05) is 56.7 Å². The van der Waals surface area contributed by atoms with E-state index in [4.69, 9.17) is 13.3 Å². The molecule has 0 amide bonds. The van der Waals surface area contributed by atoms with Crippen LogP contribution in [0.25, 0.3) is 32.3 Å². The maximum Gasteiger partial charge on any atom is 0.500 e. The third-order valence-electron chi connectivity index (χ3n) is 14.7. The highest BCUT2D eigenvalue weighted by Crippen LogP contribution is 2.47. The van der Waals surface area contributed by atoms with Gasteiger partial charge in [0.15, 0.2) is 0 Å². The van der Waals surface area contributed by atoms with E-state index in [-0.39, 0.29) is 0 Å². The van der Waals surface area contributed by atoms with Gasteiger partial charge < -0.3 is 13.3 Å². The molecule has 0 aliphatic carbocycles. The fourth-order valence-corrected chi connectivity index (χ4v) is 18.7. The van der Waals surface area contributed by atoms with Gasteiger partial charge in [-0.3, -0.25) is 0 Å². The smallest absolute Gasteiger partial charge is 0.377 e. The zero-order chi connectivity index (χ0) is 52.9. The van der Waals surface area contributed by atoms with Gasteiger partial charge in [-0.2, -0.15) is 0 Å². The fourth-order valence-electron chi connectivity index (χ4n) is 10.0. The van der Waals surface area contributed by atoms with Gasteiger partial charge in [0.05, 0.1) is 0 Å². The molecule has 0 aliphatic heterocycles. The molecule has 0 aromatic heterocycles. The predicted molar refractivity (Wildman–Crippen MR) is 346 cm³/mol. The minimum atomic E-state index is -2.39. The number of benzene rings is 4. The first-order valence-electron chi connectivity index (χ1n) is 30.4. The second-order valence-electron chi connectivity index (χ2n) is 20.9. The molecule has 3 nitrogen and oxygen atoms in total. The van der Waals surface area contributed by atoms with E-state index < -0.39 is 8.80 Å². The van der Waals surface area contributed by atoms with Crippen LogP contribution in [-0.4, -0.2) is 64.7 Å². The minimum Gasteiger partial charge on any atom is -0.377 e. The average molecular weight is 1140 g/mol. The molecule has 0 unspecified atom stereocenters. The Balaban J connectivity index is 1.49. The van der Waals surface area contributed by atoms with Crippen molar-refractivity contribution in [1.82, 2.24) is 0 Å². The van der Waals surface area contributed by atoms with Crippen LogP contribution in [0.3, 0.4) is 0 Å². The van der Waals surface area contributed by atoms with Gasteiger partial charge in [0.1, 0.15) is 0 Å². The van der Waals surface area contributed by atoms with Gasteiger partial charge in [0.2, 0.25) is 0 Å². The molecule has 0 fully saturated rings. The average Bonchev–Trinajstić information content (AvgIpc) is 3.42.